The van der Waals surface area contributed by atoms with Crippen molar-refractivity contribution in [2.75, 3.05) is 19.9 Å². The molecule has 4 rings (SSSR count). The quantitative estimate of drug-likeness (QED) is 0.846. The predicted octanol–water partition coefficient (Wildman–Crippen LogP) is 3.46. The fourth-order valence-electron chi connectivity index (χ4n) is 3.27. The van der Waals surface area contributed by atoms with Gasteiger partial charge in [-0.3, -0.25) is 4.90 Å². The first-order valence-electron chi connectivity index (χ1n) is 8.19. The summed E-state index contributed by atoms with van der Waals surface area (Å²) in [7, 11) is 0. The minimum Gasteiger partial charge on any atom is -0.492 e. The van der Waals surface area contributed by atoms with Crippen LogP contribution in [0.4, 0.5) is 0 Å². The first kappa shape index (κ1) is 14.4. The van der Waals surface area contributed by atoms with E-state index < -0.39 is 0 Å². The maximum Gasteiger partial charge on any atom is 0.231 e. The molecule has 2 aliphatic rings. The third-order valence-electron chi connectivity index (χ3n) is 4.51. The van der Waals surface area contributed by atoms with Crippen molar-refractivity contribution in [1.82, 2.24) is 4.90 Å². The number of likely N-dealkylation sites (tertiary alicyclic amines) is 1. The van der Waals surface area contributed by atoms with Crippen LogP contribution in [-0.4, -0.2) is 30.9 Å². The number of ether oxygens (including phenoxy) is 3. The van der Waals surface area contributed by atoms with Crippen LogP contribution < -0.4 is 14.2 Å². The molecule has 1 saturated heterocycles. The monoisotopic (exact) mass is 311 g/mol. The molecule has 0 unspecified atom stereocenters. The Balaban J connectivity index is 1.36. The zero-order valence-electron chi connectivity index (χ0n) is 13.1. The van der Waals surface area contributed by atoms with Gasteiger partial charge in [-0.25, -0.2) is 0 Å². The van der Waals surface area contributed by atoms with Crippen molar-refractivity contribution >= 4 is 0 Å². The lowest BCUT2D eigenvalue weighted by molar-refractivity contribution is 0.166. The highest BCUT2D eigenvalue weighted by Gasteiger charge is 2.25. The molecular formula is C19H21NO3. The van der Waals surface area contributed by atoms with E-state index >= 15 is 0 Å². The van der Waals surface area contributed by atoms with E-state index in [1.54, 1.807) is 0 Å². The zero-order valence-corrected chi connectivity index (χ0v) is 13.1. The third kappa shape index (κ3) is 3.27. The molecule has 0 aliphatic carbocycles. The summed E-state index contributed by atoms with van der Waals surface area (Å²) in [5.41, 5.74) is 1.36. The molecule has 23 heavy (non-hydrogen) atoms. The Morgan fingerprint density at radius 2 is 1.91 bits per heavy atom. The highest BCUT2D eigenvalue weighted by Crippen LogP contribution is 2.35. The van der Waals surface area contributed by atoms with E-state index in [1.807, 2.05) is 18.2 Å². The van der Waals surface area contributed by atoms with Crippen molar-refractivity contribution in [3.63, 3.8) is 0 Å². The van der Waals surface area contributed by atoms with E-state index in [1.165, 1.54) is 18.4 Å². The molecule has 0 spiro atoms. The molecule has 4 heteroatoms. The van der Waals surface area contributed by atoms with Crippen LogP contribution in [0.15, 0.2) is 48.5 Å². The topological polar surface area (TPSA) is 30.9 Å². The Morgan fingerprint density at radius 1 is 1.04 bits per heavy atom. The molecule has 2 aromatic carbocycles. The van der Waals surface area contributed by atoms with Gasteiger partial charge in [-0.15, -0.1) is 0 Å². The van der Waals surface area contributed by atoms with Gasteiger partial charge in [0.25, 0.3) is 0 Å². The summed E-state index contributed by atoms with van der Waals surface area (Å²) in [5, 5.41) is 0. The van der Waals surface area contributed by atoms with Gasteiger partial charge in [0.15, 0.2) is 11.5 Å². The van der Waals surface area contributed by atoms with Crippen molar-refractivity contribution in [1.29, 1.82) is 0 Å². The lowest BCUT2D eigenvalue weighted by Gasteiger charge is -2.24. The number of fused-ring (bicyclic) bond motifs is 1. The zero-order chi connectivity index (χ0) is 15.5. The lowest BCUT2D eigenvalue weighted by Crippen LogP contribution is -2.33. The molecule has 0 aromatic heterocycles. The average Bonchev–Trinajstić information content (AvgIpc) is 3.22. The van der Waals surface area contributed by atoms with Gasteiger partial charge in [0, 0.05) is 18.7 Å². The van der Waals surface area contributed by atoms with Gasteiger partial charge in [0.1, 0.15) is 12.4 Å². The van der Waals surface area contributed by atoms with Crippen LogP contribution in [0, 0.1) is 0 Å². The molecule has 0 amide bonds. The number of hydrogen-bond donors (Lipinski definition) is 0. The van der Waals surface area contributed by atoms with Crippen LogP contribution in [0.25, 0.3) is 0 Å². The smallest absolute Gasteiger partial charge is 0.231 e. The summed E-state index contributed by atoms with van der Waals surface area (Å²) in [5.74, 6) is 2.42. The fourth-order valence-corrected chi connectivity index (χ4v) is 3.27. The maximum atomic E-state index is 6.01. The molecule has 4 nitrogen and oxygen atoms in total. The molecular weight excluding hydrogens is 290 g/mol. The molecule has 120 valence electrons. The van der Waals surface area contributed by atoms with E-state index in [-0.39, 0.29) is 0 Å². The van der Waals surface area contributed by atoms with Gasteiger partial charge in [0.2, 0.25) is 6.79 Å². The molecule has 1 atom stereocenters. The summed E-state index contributed by atoms with van der Waals surface area (Å²) < 4.78 is 16.7. The van der Waals surface area contributed by atoms with Crippen LogP contribution in [0.5, 0.6) is 17.2 Å². The summed E-state index contributed by atoms with van der Waals surface area (Å²) in [6.07, 6.45) is 2.43. The van der Waals surface area contributed by atoms with Crippen molar-refractivity contribution < 1.29 is 14.2 Å². The second-order valence-corrected chi connectivity index (χ2v) is 6.08. The first-order valence-corrected chi connectivity index (χ1v) is 8.19. The van der Waals surface area contributed by atoms with E-state index in [4.69, 9.17) is 14.2 Å². The molecule has 0 bridgehead atoms. The van der Waals surface area contributed by atoms with Crippen molar-refractivity contribution in [2.45, 2.75) is 25.4 Å². The van der Waals surface area contributed by atoms with Crippen LogP contribution in [0.2, 0.25) is 0 Å². The van der Waals surface area contributed by atoms with E-state index in [9.17, 15) is 0 Å². The van der Waals surface area contributed by atoms with Gasteiger partial charge < -0.3 is 14.2 Å². The third-order valence-corrected chi connectivity index (χ3v) is 4.51. The Kier molecular flexibility index (Phi) is 4.07. The number of hydrogen-bond acceptors (Lipinski definition) is 4. The summed E-state index contributed by atoms with van der Waals surface area (Å²) in [6.45, 7) is 3.15. The van der Waals surface area contributed by atoms with Gasteiger partial charge in [-0.05, 0) is 37.1 Å². The van der Waals surface area contributed by atoms with Crippen LogP contribution in [-0.2, 0) is 6.54 Å². The Hall–Kier alpha value is -2.20. The molecule has 0 saturated carbocycles. The minimum atomic E-state index is 0.298. The summed E-state index contributed by atoms with van der Waals surface area (Å²) in [4.78, 5) is 2.52. The van der Waals surface area contributed by atoms with Gasteiger partial charge in [-0.1, -0.05) is 30.3 Å². The Morgan fingerprint density at radius 3 is 2.83 bits per heavy atom. The molecule has 1 fully saturated rings. The second-order valence-electron chi connectivity index (χ2n) is 6.08. The normalized spacial score (nSPS) is 19.9. The largest absolute Gasteiger partial charge is 0.492 e. The van der Waals surface area contributed by atoms with Gasteiger partial charge in [-0.2, -0.15) is 0 Å². The molecule has 2 heterocycles. The van der Waals surface area contributed by atoms with Crippen molar-refractivity contribution in [2.24, 2.45) is 0 Å². The van der Waals surface area contributed by atoms with Crippen LogP contribution >= 0.6 is 0 Å². The van der Waals surface area contributed by atoms with Crippen LogP contribution in [0.1, 0.15) is 18.4 Å². The van der Waals surface area contributed by atoms with Crippen LogP contribution in [0.3, 0.4) is 0 Å². The molecule has 2 aliphatic heterocycles. The molecule has 0 radical (unpaired) electrons. The van der Waals surface area contributed by atoms with Gasteiger partial charge >= 0.3 is 0 Å². The summed E-state index contributed by atoms with van der Waals surface area (Å²) in [6, 6.07) is 16.9. The standard InChI is InChI=1S/C19H21NO3/c1-2-5-15(6-3-1)12-20-10-4-7-16(20)13-21-17-8-9-18-19(11-17)23-14-22-18/h1-3,5-6,8-9,11,16H,4,7,10,12-14H2/t16-/m0/s1. The number of nitrogens with zero attached hydrogens (tertiary/aromatic N) is 1. The SMILES string of the molecule is c1ccc(CN2CCC[C@H]2COc2ccc3c(c2)OCO3)cc1. The fraction of sp³-hybridized carbons (Fsp3) is 0.368. The molecule has 0 N–H and O–H groups in total. The maximum absolute atomic E-state index is 6.01. The Labute approximate surface area is 136 Å². The highest BCUT2D eigenvalue weighted by molar-refractivity contribution is 5.46. The number of rotatable bonds is 5. The van der Waals surface area contributed by atoms with E-state index in [0.29, 0.717) is 19.4 Å². The van der Waals surface area contributed by atoms with Crippen molar-refractivity contribution in [3.8, 4) is 17.2 Å². The Bertz CT molecular complexity index is 659. The lowest BCUT2D eigenvalue weighted by atomic mass is 10.2. The summed E-state index contributed by atoms with van der Waals surface area (Å²) >= 11 is 0. The van der Waals surface area contributed by atoms with Gasteiger partial charge in [0.05, 0.1) is 0 Å². The first-order chi connectivity index (χ1) is 11.4. The molecule has 2 aromatic rings. The average molecular weight is 311 g/mol. The van der Waals surface area contributed by atoms with E-state index in [2.05, 4.69) is 35.2 Å². The van der Waals surface area contributed by atoms with E-state index in [0.717, 1.165) is 30.3 Å². The van der Waals surface area contributed by atoms with Crippen molar-refractivity contribution in [3.05, 3.63) is 54.1 Å². The predicted molar refractivity (Wildman–Crippen MR) is 87.9 cm³/mol. The minimum absolute atomic E-state index is 0.298. The second kappa shape index (κ2) is 6.50. The number of benzene rings is 2. The highest BCUT2D eigenvalue weighted by atomic mass is 16.7.